The van der Waals surface area contributed by atoms with Crippen LogP contribution in [0.15, 0.2) is 36.0 Å². The predicted molar refractivity (Wildman–Crippen MR) is 59.7 cm³/mol. The normalized spacial score (nSPS) is 22.4. The minimum absolute atomic E-state index is 0.363. The minimum atomic E-state index is 0.363. The van der Waals surface area contributed by atoms with Gasteiger partial charge in [-0.15, -0.1) is 0 Å². The van der Waals surface area contributed by atoms with E-state index in [0.717, 1.165) is 0 Å². The van der Waals surface area contributed by atoms with Gasteiger partial charge in [0.15, 0.2) is 0 Å². The van der Waals surface area contributed by atoms with Crippen LogP contribution in [-0.2, 0) is 0 Å². The average Bonchev–Trinajstić information content (AvgIpc) is 2.02. The summed E-state index contributed by atoms with van der Waals surface area (Å²) >= 11 is 0. The van der Waals surface area contributed by atoms with Crippen molar-refractivity contribution in [2.75, 3.05) is 0 Å². The van der Waals surface area contributed by atoms with E-state index in [2.05, 4.69) is 33.4 Å². The zero-order valence-corrected chi connectivity index (χ0v) is 9.06. The first-order valence-corrected chi connectivity index (χ1v) is 5.07. The van der Waals surface area contributed by atoms with Crippen molar-refractivity contribution in [2.45, 2.75) is 40.0 Å². The van der Waals surface area contributed by atoms with Crippen LogP contribution in [0.3, 0.4) is 0 Å². The van der Waals surface area contributed by atoms with Crippen molar-refractivity contribution < 1.29 is 0 Å². The SMILES string of the molecule is C=C/C=C/C1=C(C)CCCC1(C)C. The first-order chi connectivity index (χ1) is 6.08. The topological polar surface area (TPSA) is 0 Å². The Morgan fingerprint density at radius 3 is 2.62 bits per heavy atom. The van der Waals surface area contributed by atoms with Crippen molar-refractivity contribution in [1.29, 1.82) is 0 Å². The molecule has 0 saturated heterocycles. The van der Waals surface area contributed by atoms with Crippen molar-refractivity contribution in [3.05, 3.63) is 36.0 Å². The third kappa shape index (κ3) is 2.33. The molecule has 0 spiro atoms. The van der Waals surface area contributed by atoms with Crippen molar-refractivity contribution >= 4 is 0 Å². The summed E-state index contributed by atoms with van der Waals surface area (Å²) in [6, 6.07) is 0. The first-order valence-electron chi connectivity index (χ1n) is 5.07. The molecule has 0 saturated carbocycles. The van der Waals surface area contributed by atoms with E-state index in [1.807, 2.05) is 12.2 Å². The molecule has 0 aromatic heterocycles. The van der Waals surface area contributed by atoms with Crippen molar-refractivity contribution in [3.63, 3.8) is 0 Å². The summed E-state index contributed by atoms with van der Waals surface area (Å²) in [4.78, 5) is 0. The summed E-state index contributed by atoms with van der Waals surface area (Å²) in [5.41, 5.74) is 3.43. The second-order valence-electron chi connectivity index (χ2n) is 4.53. The van der Waals surface area contributed by atoms with Crippen LogP contribution < -0.4 is 0 Å². The number of hydrogen-bond donors (Lipinski definition) is 0. The van der Waals surface area contributed by atoms with Gasteiger partial charge in [0.25, 0.3) is 0 Å². The summed E-state index contributed by atoms with van der Waals surface area (Å²) in [7, 11) is 0. The average molecular weight is 176 g/mol. The fraction of sp³-hybridized carbons (Fsp3) is 0.538. The highest BCUT2D eigenvalue weighted by Crippen LogP contribution is 2.40. The molecule has 0 unspecified atom stereocenters. The van der Waals surface area contributed by atoms with E-state index >= 15 is 0 Å². The monoisotopic (exact) mass is 176 g/mol. The van der Waals surface area contributed by atoms with Crippen LogP contribution in [0.2, 0.25) is 0 Å². The molecule has 0 atom stereocenters. The van der Waals surface area contributed by atoms with Gasteiger partial charge in [-0.2, -0.15) is 0 Å². The van der Waals surface area contributed by atoms with Gasteiger partial charge >= 0.3 is 0 Å². The van der Waals surface area contributed by atoms with E-state index < -0.39 is 0 Å². The molecule has 0 amide bonds. The van der Waals surface area contributed by atoms with Crippen LogP contribution in [0.1, 0.15) is 40.0 Å². The summed E-state index contributed by atoms with van der Waals surface area (Å²) in [6.45, 7) is 10.6. The zero-order chi connectivity index (χ0) is 9.90. The smallest absolute Gasteiger partial charge is 0.0104 e. The number of rotatable bonds is 2. The van der Waals surface area contributed by atoms with Gasteiger partial charge in [0.1, 0.15) is 0 Å². The molecule has 0 aromatic rings. The molecule has 1 aliphatic rings. The molecule has 0 aliphatic heterocycles. The lowest BCUT2D eigenvalue weighted by molar-refractivity contribution is 0.377. The van der Waals surface area contributed by atoms with Crippen LogP contribution in [0, 0.1) is 5.41 Å². The van der Waals surface area contributed by atoms with Crippen molar-refractivity contribution in [3.8, 4) is 0 Å². The molecule has 72 valence electrons. The maximum Gasteiger partial charge on any atom is -0.0104 e. The van der Waals surface area contributed by atoms with Gasteiger partial charge < -0.3 is 0 Å². The number of allylic oxidation sites excluding steroid dienone is 5. The summed E-state index contributed by atoms with van der Waals surface area (Å²) in [6.07, 6.45) is 10.0. The molecule has 0 N–H and O–H groups in total. The molecule has 0 heteroatoms. The van der Waals surface area contributed by atoms with Crippen LogP contribution in [0.4, 0.5) is 0 Å². The molecule has 0 aromatic carbocycles. The Morgan fingerprint density at radius 2 is 2.08 bits per heavy atom. The highest BCUT2D eigenvalue weighted by molar-refractivity contribution is 5.33. The second-order valence-corrected chi connectivity index (χ2v) is 4.53. The largest absolute Gasteiger partial charge is 0.0991 e. The molecule has 1 rings (SSSR count). The Hall–Kier alpha value is -0.780. The van der Waals surface area contributed by atoms with Gasteiger partial charge in [-0.25, -0.2) is 0 Å². The van der Waals surface area contributed by atoms with Crippen LogP contribution in [0.25, 0.3) is 0 Å². The van der Waals surface area contributed by atoms with Crippen LogP contribution in [-0.4, -0.2) is 0 Å². The lowest BCUT2D eigenvalue weighted by Gasteiger charge is -2.32. The predicted octanol–water partition coefficient (Wildman–Crippen LogP) is 4.26. The van der Waals surface area contributed by atoms with Gasteiger partial charge in [0.05, 0.1) is 0 Å². The van der Waals surface area contributed by atoms with E-state index in [9.17, 15) is 0 Å². The fourth-order valence-corrected chi connectivity index (χ4v) is 2.17. The van der Waals surface area contributed by atoms with Gasteiger partial charge in [-0.05, 0) is 37.2 Å². The molecular formula is C13H20. The third-order valence-electron chi connectivity index (χ3n) is 2.94. The molecule has 0 heterocycles. The molecule has 0 radical (unpaired) electrons. The Bertz CT molecular complexity index is 251. The standard InChI is InChI=1S/C13H20/c1-5-6-9-12-11(2)8-7-10-13(12,3)4/h5-6,9H,1,7-8,10H2,2-4H3/b9-6+. The summed E-state index contributed by atoms with van der Waals surface area (Å²) in [5, 5.41) is 0. The maximum atomic E-state index is 3.71. The first kappa shape index (κ1) is 10.3. The Kier molecular flexibility index (Phi) is 3.13. The minimum Gasteiger partial charge on any atom is -0.0991 e. The lowest BCUT2D eigenvalue weighted by Crippen LogP contribution is -2.18. The molecule has 0 nitrogen and oxygen atoms in total. The Balaban J connectivity index is 2.97. The molecule has 0 fully saturated rings. The van der Waals surface area contributed by atoms with Gasteiger partial charge in [0, 0.05) is 0 Å². The van der Waals surface area contributed by atoms with E-state index in [4.69, 9.17) is 0 Å². The quantitative estimate of drug-likeness (QED) is 0.552. The summed E-state index contributed by atoms with van der Waals surface area (Å²) < 4.78 is 0. The molecule has 13 heavy (non-hydrogen) atoms. The van der Waals surface area contributed by atoms with Crippen LogP contribution >= 0.6 is 0 Å². The Morgan fingerprint density at radius 1 is 1.38 bits per heavy atom. The number of hydrogen-bond acceptors (Lipinski definition) is 0. The van der Waals surface area contributed by atoms with Gasteiger partial charge in [0.2, 0.25) is 0 Å². The van der Waals surface area contributed by atoms with E-state index in [1.165, 1.54) is 24.8 Å². The van der Waals surface area contributed by atoms with Gasteiger partial charge in [-0.1, -0.05) is 44.2 Å². The van der Waals surface area contributed by atoms with Gasteiger partial charge in [-0.3, -0.25) is 0 Å². The second kappa shape index (κ2) is 3.95. The molecule has 0 bridgehead atoms. The van der Waals surface area contributed by atoms with E-state index in [1.54, 1.807) is 5.57 Å². The molecule has 1 aliphatic carbocycles. The zero-order valence-electron chi connectivity index (χ0n) is 9.06. The highest BCUT2D eigenvalue weighted by atomic mass is 14.3. The third-order valence-corrected chi connectivity index (χ3v) is 2.94. The van der Waals surface area contributed by atoms with E-state index in [-0.39, 0.29) is 0 Å². The highest BCUT2D eigenvalue weighted by Gasteiger charge is 2.26. The Labute approximate surface area is 82.0 Å². The van der Waals surface area contributed by atoms with Crippen molar-refractivity contribution in [2.24, 2.45) is 5.41 Å². The lowest BCUT2D eigenvalue weighted by atomic mass is 9.73. The van der Waals surface area contributed by atoms with E-state index in [0.29, 0.717) is 5.41 Å². The summed E-state index contributed by atoms with van der Waals surface area (Å²) in [5.74, 6) is 0. The maximum absolute atomic E-state index is 3.71. The van der Waals surface area contributed by atoms with Crippen LogP contribution in [0.5, 0.6) is 0 Å². The molecular weight excluding hydrogens is 156 g/mol. The van der Waals surface area contributed by atoms with Crippen molar-refractivity contribution in [1.82, 2.24) is 0 Å². The fourth-order valence-electron chi connectivity index (χ4n) is 2.17.